The van der Waals surface area contributed by atoms with Crippen LogP contribution in [0.15, 0.2) is 11.6 Å². The Morgan fingerprint density at radius 1 is 0.792 bits per heavy atom. The van der Waals surface area contributed by atoms with Crippen molar-refractivity contribution in [3.63, 3.8) is 0 Å². The molecule has 0 amide bonds. The van der Waals surface area contributed by atoms with Crippen LogP contribution < -0.4 is 0 Å². The lowest BCUT2D eigenvalue weighted by molar-refractivity contribution is -0.139. The highest BCUT2D eigenvalue weighted by atomic mass is 16.5. The summed E-state index contributed by atoms with van der Waals surface area (Å²) < 4.78 is 5.10. The fourth-order valence-corrected chi connectivity index (χ4v) is 2.55. The van der Waals surface area contributed by atoms with E-state index in [9.17, 15) is 9.59 Å². The van der Waals surface area contributed by atoms with Crippen LogP contribution >= 0.6 is 0 Å². The molecule has 0 saturated heterocycles. The maximum atomic E-state index is 11.6. The first-order valence-corrected chi connectivity index (χ1v) is 9.72. The molecule has 0 atom stereocenters. The zero-order chi connectivity index (χ0) is 18.0. The van der Waals surface area contributed by atoms with Crippen molar-refractivity contribution in [2.45, 2.75) is 97.3 Å². The van der Waals surface area contributed by atoms with Gasteiger partial charge in [0.15, 0.2) is 0 Å². The summed E-state index contributed by atoms with van der Waals surface area (Å²) in [6.07, 6.45) is 15.5. The molecule has 0 saturated carbocycles. The minimum atomic E-state index is -1.03. The van der Waals surface area contributed by atoms with E-state index < -0.39 is 11.9 Å². The van der Waals surface area contributed by atoms with E-state index in [-0.39, 0.29) is 5.57 Å². The van der Waals surface area contributed by atoms with Crippen LogP contribution in [0.1, 0.15) is 97.3 Å². The van der Waals surface area contributed by atoms with Crippen LogP contribution in [-0.2, 0) is 14.3 Å². The zero-order valence-electron chi connectivity index (χ0n) is 15.6. The molecule has 1 N–H and O–H groups in total. The summed E-state index contributed by atoms with van der Waals surface area (Å²) in [6, 6.07) is 0. The van der Waals surface area contributed by atoms with Crippen molar-refractivity contribution >= 4 is 11.9 Å². The van der Waals surface area contributed by atoms with Crippen LogP contribution in [-0.4, -0.2) is 23.7 Å². The van der Waals surface area contributed by atoms with Gasteiger partial charge in [-0.15, -0.1) is 0 Å². The summed E-state index contributed by atoms with van der Waals surface area (Å²) in [5, 5.41) is 9.03. The Bertz CT molecular complexity index is 361. The molecule has 0 aliphatic rings. The van der Waals surface area contributed by atoms with Gasteiger partial charge in [-0.2, -0.15) is 0 Å². The van der Waals surface area contributed by atoms with Crippen molar-refractivity contribution < 1.29 is 19.4 Å². The Labute approximate surface area is 147 Å². The molecule has 0 heterocycles. The number of carbonyl (C=O) groups excluding carboxylic acids is 1. The SMILES string of the molecule is CCCCCCCCCCCCOC(=O)C=C(CCCC)C(=O)O. The van der Waals surface area contributed by atoms with Gasteiger partial charge in [-0.3, -0.25) is 0 Å². The van der Waals surface area contributed by atoms with E-state index in [1.54, 1.807) is 0 Å². The topological polar surface area (TPSA) is 63.6 Å². The summed E-state index contributed by atoms with van der Waals surface area (Å²) in [6.45, 7) is 4.60. The lowest BCUT2D eigenvalue weighted by Gasteiger charge is -2.04. The molecule has 0 rings (SSSR count). The molecule has 24 heavy (non-hydrogen) atoms. The van der Waals surface area contributed by atoms with Crippen LogP contribution in [0.2, 0.25) is 0 Å². The fraction of sp³-hybridized carbons (Fsp3) is 0.800. The average molecular weight is 341 g/mol. The molecule has 0 bridgehead atoms. The van der Waals surface area contributed by atoms with Crippen molar-refractivity contribution in [3.05, 3.63) is 11.6 Å². The number of aliphatic carboxylic acids is 1. The summed E-state index contributed by atoms with van der Waals surface area (Å²) in [5.74, 6) is -1.56. The normalized spacial score (nSPS) is 11.5. The number of rotatable bonds is 16. The molecule has 0 aromatic heterocycles. The monoisotopic (exact) mass is 340 g/mol. The second kappa shape index (κ2) is 16.5. The first kappa shape index (κ1) is 22.7. The third kappa shape index (κ3) is 14.3. The van der Waals surface area contributed by atoms with Crippen LogP contribution in [0.4, 0.5) is 0 Å². The number of carbonyl (C=O) groups is 2. The van der Waals surface area contributed by atoms with Gasteiger partial charge in [0, 0.05) is 11.6 Å². The minimum absolute atomic E-state index is 0.143. The molecule has 0 aliphatic carbocycles. The molecule has 0 aromatic rings. The fourth-order valence-electron chi connectivity index (χ4n) is 2.55. The number of esters is 1. The van der Waals surface area contributed by atoms with Gasteiger partial charge < -0.3 is 9.84 Å². The maximum Gasteiger partial charge on any atom is 0.331 e. The largest absolute Gasteiger partial charge is 0.478 e. The van der Waals surface area contributed by atoms with Crippen molar-refractivity contribution in [3.8, 4) is 0 Å². The Morgan fingerprint density at radius 3 is 1.79 bits per heavy atom. The summed E-state index contributed by atoms with van der Waals surface area (Å²) >= 11 is 0. The minimum Gasteiger partial charge on any atom is -0.478 e. The van der Waals surface area contributed by atoms with Crippen molar-refractivity contribution in [2.24, 2.45) is 0 Å². The van der Waals surface area contributed by atoms with E-state index in [1.807, 2.05) is 6.92 Å². The Balaban J connectivity index is 3.62. The van der Waals surface area contributed by atoms with Crippen LogP contribution in [0.25, 0.3) is 0 Å². The van der Waals surface area contributed by atoms with Crippen molar-refractivity contribution in [1.29, 1.82) is 0 Å². The summed E-state index contributed by atoms with van der Waals surface area (Å²) in [4.78, 5) is 22.6. The van der Waals surface area contributed by atoms with Gasteiger partial charge in [0.1, 0.15) is 0 Å². The second-order valence-electron chi connectivity index (χ2n) is 6.43. The zero-order valence-corrected chi connectivity index (χ0v) is 15.6. The standard InChI is InChI=1S/C20H36O4/c1-3-5-7-8-9-10-11-12-13-14-16-24-19(21)17-18(20(22)23)15-6-4-2/h17H,3-16H2,1-2H3,(H,22,23). The Morgan fingerprint density at radius 2 is 1.29 bits per heavy atom. The van der Waals surface area contributed by atoms with Gasteiger partial charge in [0.2, 0.25) is 0 Å². The number of hydrogen-bond donors (Lipinski definition) is 1. The van der Waals surface area contributed by atoms with E-state index in [1.165, 1.54) is 51.4 Å². The van der Waals surface area contributed by atoms with E-state index in [2.05, 4.69) is 6.92 Å². The lowest BCUT2D eigenvalue weighted by atomic mass is 10.1. The molecule has 0 aromatic carbocycles. The predicted molar refractivity (Wildman–Crippen MR) is 98.0 cm³/mol. The van der Waals surface area contributed by atoms with E-state index in [0.717, 1.165) is 31.8 Å². The summed E-state index contributed by atoms with van der Waals surface area (Å²) in [7, 11) is 0. The Hall–Kier alpha value is -1.32. The highest BCUT2D eigenvalue weighted by Gasteiger charge is 2.10. The van der Waals surface area contributed by atoms with Gasteiger partial charge in [-0.25, -0.2) is 9.59 Å². The lowest BCUT2D eigenvalue weighted by Crippen LogP contribution is -2.08. The number of ether oxygens (including phenoxy) is 1. The predicted octanol–water partition coefficient (Wildman–Crippen LogP) is 5.65. The van der Waals surface area contributed by atoms with Crippen LogP contribution in [0.5, 0.6) is 0 Å². The quantitative estimate of drug-likeness (QED) is 0.224. The highest BCUT2D eigenvalue weighted by molar-refractivity contribution is 5.95. The Kier molecular flexibility index (Phi) is 15.6. The third-order valence-corrected chi connectivity index (χ3v) is 4.11. The molecule has 0 aliphatic heterocycles. The highest BCUT2D eigenvalue weighted by Crippen LogP contribution is 2.11. The van der Waals surface area contributed by atoms with Gasteiger partial charge in [-0.1, -0.05) is 78.1 Å². The van der Waals surface area contributed by atoms with E-state index >= 15 is 0 Å². The van der Waals surface area contributed by atoms with Crippen molar-refractivity contribution in [2.75, 3.05) is 6.61 Å². The molecule has 4 heteroatoms. The van der Waals surface area contributed by atoms with Crippen molar-refractivity contribution in [1.82, 2.24) is 0 Å². The first-order chi connectivity index (χ1) is 11.6. The summed E-state index contributed by atoms with van der Waals surface area (Å²) in [5.41, 5.74) is 0.143. The van der Waals surface area contributed by atoms with Crippen LogP contribution in [0.3, 0.4) is 0 Å². The molecular weight excluding hydrogens is 304 g/mol. The van der Waals surface area contributed by atoms with E-state index in [4.69, 9.17) is 9.84 Å². The molecule has 4 nitrogen and oxygen atoms in total. The second-order valence-corrected chi connectivity index (χ2v) is 6.43. The molecule has 140 valence electrons. The van der Waals surface area contributed by atoms with Crippen LogP contribution in [0, 0.1) is 0 Å². The van der Waals surface area contributed by atoms with Gasteiger partial charge >= 0.3 is 11.9 Å². The maximum absolute atomic E-state index is 11.6. The van der Waals surface area contributed by atoms with Gasteiger partial charge in [0.25, 0.3) is 0 Å². The number of carboxylic acid groups (broad SMARTS) is 1. The smallest absolute Gasteiger partial charge is 0.331 e. The molecule has 0 radical (unpaired) electrons. The molecule has 0 spiro atoms. The van der Waals surface area contributed by atoms with Gasteiger partial charge in [-0.05, 0) is 19.3 Å². The third-order valence-electron chi connectivity index (χ3n) is 4.11. The molecule has 0 fully saturated rings. The molecule has 0 unspecified atom stereocenters. The first-order valence-electron chi connectivity index (χ1n) is 9.72. The van der Waals surface area contributed by atoms with E-state index in [0.29, 0.717) is 13.0 Å². The average Bonchev–Trinajstić information content (AvgIpc) is 2.56. The van der Waals surface area contributed by atoms with Gasteiger partial charge in [0.05, 0.1) is 6.61 Å². The number of carboxylic acids is 1. The molecular formula is C20H36O4. The number of hydrogen-bond acceptors (Lipinski definition) is 3. The number of unbranched alkanes of at least 4 members (excludes halogenated alkanes) is 10.